The molecule has 4 aromatic rings. The Morgan fingerprint density at radius 2 is 1.95 bits per heavy atom. The Balaban J connectivity index is 0.00000135. The summed E-state index contributed by atoms with van der Waals surface area (Å²) in [6.45, 7) is 10.1. The number of rotatable bonds is 8. The number of piperazine rings is 1. The summed E-state index contributed by atoms with van der Waals surface area (Å²) in [5, 5.41) is 20.3. The minimum atomic E-state index is -3.55. The molecule has 1 unspecified atom stereocenters. The number of pyridine rings is 1. The molecule has 4 N–H and O–H groups in total. The van der Waals surface area contributed by atoms with Gasteiger partial charge in [0.25, 0.3) is 12.4 Å². The maximum atomic E-state index is 13.2. The number of carbonyl (C=O) groups excluding carboxylic acids is 1. The van der Waals surface area contributed by atoms with Crippen LogP contribution in [0.5, 0.6) is 0 Å². The van der Waals surface area contributed by atoms with Crippen molar-refractivity contribution >= 4 is 67.6 Å². The number of sulfonamides is 1. The molecular weight excluding hydrogens is 616 g/mol. The second-order valence-corrected chi connectivity index (χ2v) is 13.4. The van der Waals surface area contributed by atoms with Crippen LogP contribution in [0, 0.1) is 0 Å². The zero-order chi connectivity index (χ0) is 31.3. The number of fused-ring (bicyclic) bond motifs is 1. The first-order valence-corrected chi connectivity index (χ1v) is 16.5. The van der Waals surface area contributed by atoms with E-state index in [1.807, 2.05) is 6.07 Å². The zero-order valence-electron chi connectivity index (χ0n) is 24.0. The number of nitrogens with one attached hydrogen (secondary N) is 3. The zero-order valence-corrected chi connectivity index (χ0v) is 26.4. The van der Waals surface area contributed by atoms with Crippen LogP contribution in [0.15, 0.2) is 36.0 Å². The third-order valence-electron chi connectivity index (χ3n) is 6.84. The van der Waals surface area contributed by atoms with E-state index in [1.165, 1.54) is 17.5 Å². The van der Waals surface area contributed by atoms with E-state index in [9.17, 15) is 13.2 Å². The number of benzene rings is 1. The molecule has 13 nitrogen and oxygen atoms in total. The van der Waals surface area contributed by atoms with Gasteiger partial charge in [-0.3, -0.25) is 29.2 Å². The molecule has 1 fully saturated rings. The van der Waals surface area contributed by atoms with E-state index in [0.717, 1.165) is 36.3 Å². The Labute approximate surface area is 258 Å². The van der Waals surface area contributed by atoms with Gasteiger partial charge in [-0.05, 0) is 44.5 Å². The van der Waals surface area contributed by atoms with Crippen LogP contribution in [-0.4, -0.2) is 93.8 Å². The number of nitrogens with zero attached hydrogens (tertiary/aromatic N) is 5. The fourth-order valence-corrected chi connectivity index (χ4v) is 6.60. The summed E-state index contributed by atoms with van der Waals surface area (Å²) in [4.78, 5) is 35.2. The number of thiazole rings is 1. The standard InChI is InChI=1S/C26H31ClN8O3S2.CH2O2/c1-15(2)35-6-5-34(12-16(35)3)13-24-30-23(14-39-24)26(36)31-20-7-17(8-21-19(20)11-29-32-21)18-9-22(25(27)28-10-18)33-40(4,37)38;2-1-3/h7-11,14-16,33H,5-6,12-13H2,1-4H3,(H,29,32)(H,31,36);1H,(H,2,3). The van der Waals surface area contributed by atoms with E-state index in [4.69, 9.17) is 21.5 Å². The van der Waals surface area contributed by atoms with Gasteiger partial charge in [0.15, 0.2) is 5.15 Å². The van der Waals surface area contributed by atoms with Crippen LogP contribution >= 0.6 is 22.9 Å². The largest absolute Gasteiger partial charge is 0.483 e. The molecule has 0 saturated carbocycles. The molecule has 1 aliphatic rings. The molecule has 16 heteroatoms. The number of aromatic amines is 1. The highest BCUT2D eigenvalue weighted by molar-refractivity contribution is 7.92. The van der Waals surface area contributed by atoms with Crippen molar-refractivity contribution in [2.45, 2.75) is 39.4 Å². The lowest BCUT2D eigenvalue weighted by Gasteiger charge is -2.41. The molecule has 1 aliphatic heterocycles. The number of carboxylic acid groups (broad SMARTS) is 1. The predicted octanol–water partition coefficient (Wildman–Crippen LogP) is 3.97. The van der Waals surface area contributed by atoms with Gasteiger partial charge >= 0.3 is 0 Å². The van der Waals surface area contributed by atoms with E-state index < -0.39 is 10.0 Å². The van der Waals surface area contributed by atoms with E-state index >= 15 is 0 Å². The minimum Gasteiger partial charge on any atom is -0.483 e. The van der Waals surface area contributed by atoms with Crippen molar-refractivity contribution in [1.82, 2.24) is 30.0 Å². The van der Waals surface area contributed by atoms with Crippen LogP contribution < -0.4 is 10.0 Å². The van der Waals surface area contributed by atoms with Gasteiger partial charge in [-0.1, -0.05) is 11.6 Å². The lowest BCUT2D eigenvalue weighted by atomic mass is 10.0. The van der Waals surface area contributed by atoms with Crippen LogP contribution in [0.3, 0.4) is 0 Å². The summed E-state index contributed by atoms with van der Waals surface area (Å²) in [5.74, 6) is -0.325. The lowest BCUT2D eigenvalue weighted by Crippen LogP contribution is -2.53. The van der Waals surface area contributed by atoms with Crippen molar-refractivity contribution in [1.29, 1.82) is 0 Å². The number of carbonyl (C=O) groups is 2. The summed E-state index contributed by atoms with van der Waals surface area (Å²) in [6.07, 6.45) is 4.21. The van der Waals surface area contributed by atoms with Crippen LogP contribution in [0.2, 0.25) is 5.15 Å². The number of halogens is 1. The topological polar surface area (TPSA) is 174 Å². The molecule has 1 atom stereocenters. The van der Waals surface area contributed by atoms with Crippen molar-refractivity contribution in [2.75, 3.05) is 35.9 Å². The molecule has 43 heavy (non-hydrogen) atoms. The van der Waals surface area contributed by atoms with Crippen molar-refractivity contribution in [3.05, 3.63) is 51.8 Å². The van der Waals surface area contributed by atoms with Crippen molar-refractivity contribution in [2.24, 2.45) is 0 Å². The van der Waals surface area contributed by atoms with Crippen LogP contribution in [0.4, 0.5) is 11.4 Å². The number of hydrogen-bond donors (Lipinski definition) is 4. The van der Waals surface area contributed by atoms with Gasteiger partial charge in [-0.15, -0.1) is 11.3 Å². The summed E-state index contributed by atoms with van der Waals surface area (Å²) in [6, 6.07) is 6.21. The van der Waals surface area contributed by atoms with Crippen LogP contribution in [0.1, 0.15) is 36.3 Å². The Morgan fingerprint density at radius 3 is 2.63 bits per heavy atom. The average Bonchev–Trinajstić information content (AvgIpc) is 3.59. The SMILES string of the molecule is CC(C)N1CCN(Cc2nc(C(=O)Nc3cc(-c4cnc(Cl)c(NS(C)(=O)=O)c4)cc4[nH]ncc34)cs2)CC1C.O=CO. The Kier molecular flexibility index (Phi) is 10.3. The predicted molar refractivity (Wildman–Crippen MR) is 168 cm³/mol. The monoisotopic (exact) mass is 648 g/mol. The average molecular weight is 649 g/mol. The number of hydrogen-bond acceptors (Lipinski definition) is 10. The third kappa shape index (κ3) is 8.26. The first-order chi connectivity index (χ1) is 20.4. The highest BCUT2D eigenvalue weighted by Gasteiger charge is 2.26. The Bertz CT molecular complexity index is 1710. The highest BCUT2D eigenvalue weighted by Crippen LogP contribution is 2.33. The molecule has 0 aliphatic carbocycles. The molecule has 3 aromatic heterocycles. The number of amides is 1. The quantitative estimate of drug-likeness (QED) is 0.162. The molecule has 0 spiro atoms. The number of anilines is 2. The van der Waals surface area contributed by atoms with Crippen LogP contribution in [-0.2, 0) is 21.4 Å². The lowest BCUT2D eigenvalue weighted by molar-refractivity contribution is -0.122. The van der Waals surface area contributed by atoms with Gasteiger partial charge in [-0.2, -0.15) is 5.10 Å². The van der Waals surface area contributed by atoms with E-state index in [2.05, 4.69) is 60.8 Å². The van der Waals surface area contributed by atoms with E-state index in [1.54, 1.807) is 23.7 Å². The number of aromatic nitrogens is 4. The first-order valence-electron chi connectivity index (χ1n) is 13.3. The Morgan fingerprint density at radius 1 is 1.23 bits per heavy atom. The summed E-state index contributed by atoms with van der Waals surface area (Å²) in [7, 11) is -3.55. The molecule has 4 heterocycles. The maximum absolute atomic E-state index is 13.2. The smallest absolute Gasteiger partial charge is 0.290 e. The first kappa shape index (κ1) is 32.3. The van der Waals surface area contributed by atoms with Gasteiger partial charge in [0, 0.05) is 54.2 Å². The van der Waals surface area contributed by atoms with Gasteiger partial charge in [-0.25, -0.2) is 18.4 Å². The summed E-state index contributed by atoms with van der Waals surface area (Å²) < 4.78 is 25.9. The fraction of sp³-hybridized carbons (Fsp3) is 0.370. The van der Waals surface area contributed by atoms with E-state index in [0.29, 0.717) is 46.7 Å². The third-order valence-corrected chi connectivity index (χ3v) is 8.57. The molecule has 1 aromatic carbocycles. The molecule has 5 rings (SSSR count). The van der Waals surface area contributed by atoms with Crippen molar-refractivity contribution < 1.29 is 23.1 Å². The molecule has 1 saturated heterocycles. The van der Waals surface area contributed by atoms with Crippen molar-refractivity contribution in [3.63, 3.8) is 0 Å². The minimum absolute atomic E-state index is 0.0286. The van der Waals surface area contributed by atoms with Gasteiger partial charge < -0.3 is 10.4 Å². The van der Waals surface area contributed by atoms with Gasteiger partial charge in [0.1, 0.15) is 10.7 Å². The highest BCUT2D eigenvalue weighted by atomic mass is 35.5. The summed E-state index contributed by atoms with van der Waals surface area (Å²) >= 11 is 7.58. The molecule has 230 valence electrons. The molecule has 1 amide bonds. The van der Waals surface area contributed by atoms with Crippen molar-refractivity contribution in [3.8, 4) is 11.1 Å². The summed E-state index contributed by atoms with van der Waals surface area (Å²) in [5.41, 5.74) is 3.02. The molecule has 0 radical (unpaired) electrons. The normalized spacial score (nSPS) is 16.1. The fourth-order valence-electron chi connectivity index (χ4n) is 5.02. The van der Waals surface area contributed by atoms with Gasteiger partial charge in [0.05, 0.1) is 35.9 Å². The molecule has 0 bridgehead atoms. The molecular formula is C27H33ClN8O5S2. The van der Waals surface area contributed by atoms with Gasteiger partial charge in [0.2, 0.25) is 10.0 Å². The van der Waals surface area contributed by atoms with E-state index in [-0.39, 0.29) is 23.2 Å². The second kappa shape index (κ2) is 13.8. The number of H-pyrrole nitrogens is 1. The second-order valence-electron chi connectivity index (χ2n) is 10.4. The Hall–Kier alpha value is -3.63. The van der Waals surface area contributed by atoms with Crippen LogP contribution in [0.25, 0.3) is 22.0 Å². The maximum Gasteiger partial charge on any atom is 0.290 e.